The third-order valence-corrected chi connectivity index (χ3v) is 6.15. The van der Waals surface area contributed by atoms with Crippen molar-refractivity contribution in [3.05, 3.63) is 157 Å². The van der Waals surface area contributed by atoms with Gasteiger partial charge in [0, 0.05) is 41.3 Å². The fourth-order valence-corrected chi connectivity index (χ4v) is 4.39. The fourth-order valence-electron chi connectivity index (χ4n) is 4.39. The van der Waals surface area contributed by atoms with E-state index in [2.05, 4.69) is 95.8 Å². The molecule has 2 aliphatic rings. The van der Waals surface area contributed by atoms with E-state index in [9.17, 15) is 0 Å². The van der Waals surface area contributed by atoms with Crippen LogP contribution in [0.2, 0.25) is 0 Å². The standard InChI is InChI=1S/C18H13N2.C15H12N2.Au/c1-2-8-14(9-3-1)20-17-12-6-4-10-15(17)19-16-11-5-7-13-18(16)20;1-3-7-14(8-4-1)16-11-12-17(13-16)15-9-5-2-6-10-15;/h1-13H;1-12H;/q-1;+2;+1. The fraction of sp³-hybridized carbons (Fsp3) is 0. The molecule has 38 heavy (non-hydrogen) atoms. The molecule has 5 aromatic rings. The van der Waals surface area contributed by atoms with Crippen LogP contribution in [-0.2, 0) is 22.4 Å². The molecule has 0 aliphatic carbocycles. The molecule has 0 saturated heterocycles. The van der Waals surface area contributed by atoms with E-state index in [-0.39, 0.29) is 22.4 Å². The van der Waals surface area contributed by atoms with E-state index in [1.807, 2.05) is 76.1 Å². The topological polar surface area (TPSA) is 23.4 Å². The van der Waals surface area contributed by atoms with E-state index in [0.29, 0.717) is 0 Å². The van der Waals surface area contributed by atoms with Crippen LogP contribution in [0.1, 0.15) is 0 Å². The molecule has 5 heteroatoms. The predicted octanol–water partition coefficient (Wildman–Crippen LogP) is 9.14. The summed E-state index contributed by atoms with van der Waals surface area (Å²) in [6.45, 7) is 0. The van der Waals surface area contributed by atoms with Gasteiger partial charge >= 0.3 is 28.4 Å². The molecule has 0 amide bonds. The van der Waals surface area contributed by atoms with Crippen molar-refractivity contribution in [1.29, 1.82) is 0 Å². The smallest absolute Gasteiger partial charge is 0.654 e. The zero-order chi connectivity index (χ0) is 24.9. The Morgan fingerprint density at radius 1 is 0.474 bits per heavy atom. The van der Waals surface area contributed by atoms with Gasteiger partial charge < -0.3 is 10.2 Å². The number of hydrogen-bond acceptors (Lipinski definition) is 1. The van der Waals surface area contributed by atoms with Crippen LogP contribution in [0, 0.1) is 0 Å². The van der Waals surface area contributed by atoms with Gasteiger partial charge in [-0.1, -0.05) is 100 Å². The van der Waals surface area contributed by atoms with Crippen LogP contribution < -0.4 is 4.90 Å². The SMILES string of the molecule is C1=[N+](c2ccccc2)C=C[N+]=1c1ccccc1.[Au+].c1ccc(N2c3ccccc3[N-]c3ccccc32)cc1. The number of para-hydroxylation sites is 7. The molecule has 7 rings (SSSR count). The Bertz CT molecular complexity index is 1530. The third-order valence-electron chi connectivity index (χ3n) is 6.15. The van der Waals surface area contributed by atoms with Gasteiger partial charge in [0.1, 0.15) is 0 Å². The molecule has 4 nitrogen and oxygen atoms in total. The van der Waals surface area contributed by atoms with Gasteiger partial charge in [0.15, 0.2) is 0 Å². The monoisotopic (exact) mass is 674 g/mol. The van der Waals surface area contributed by atoms with Crippen LogP contribution in [0.15, 0.2) is 152 Å². The van der Waals surface area contributed by atoms with Crippen LogP contribution in [0.25, 0.3) is 5.32 Å². The minimum absolute atomic E-state index is 0. The zero-order valence-corrected chi connectivity index (χ0v) is 22.7. The molecule has 2 aliphatic heterocycles. The van der Waals surface area contributed by atoms with Crippen molar-refractivity contribution < 1.29 is 31.5 Å². The van der Waals surface area contributed by atoms with Crippen molar-refractivity contribution in [3.8, 4) is 0 Å². The molecule has 5 aromatic carbocycles. The van der Waals surface area contributed by atoms with Crippen LogP contribution in [0.5, 0.6) is 0 Å². The molecule has 0 bridgehead atoms. The van der Waals surface area contributed by atoms with Crippen molar-refractivity contribution in [1.82, 2.24) is 0 Å². The van der Waals surface area contributed by atoms with Gasteiger partial charge in [-0.25, -0.2) is 0 Å². The van der Waals surface area contributed by atoms with Crippen molar-refractivity contribution >= 4 is 45.8 Å². The van der Waals surface area contributed by atoms with Gasteiger partial charge in [0.25, 0.3) is 12.4 Å². The maximum Gasteiger partial charge on any atom is 1.00 e. The van der Waals surface area contributed by atoms with Crippen LogP contribution in [-0.4, -0.2) is 15.2 Å². The molecule has 0 spiro atoms. The average Bonchev–Trinajstić information content (AvgIpc) is 3.48. The second-order valence-electron chi connectivity index (χ2n) is 8.57. The van der Waals surface area contributed by atoms with Gasteiger partial charge in [-0.05, 0) is 24.3 Å². The summed E-state index contributed by atoms with van der Waals surface area (Å²) in [6.07, 6.45) is 4.00. The van der Waals surface area contributed by atoms with Gasteiger partial charge in [0.2, 0.25) is 11.4 Å². The first kappa shape index (κ1) is 25.2. The van der Waals surface area contributed by atoms with Gasteiger partial charge in [-0.3, -0.25) is 0 Å². The first-order valence-corrected chi connectivity index (χ1v) is 12.2. The third kappa shape index (κ3) is 5.30. The second-order valence-corrected chi connectivity index (χ2v) is 8.57. The summed E-state index contributed by atoms with van der Waals surface area (Å²) in [4.78, 5) is 2.26. The summed E-state index contributed by atoms with van der Waals surface area (Å²) in [6, 6.07) is 50.6. The van der Waals surface area contributed by atoms with E-state index in [1.165, 1.54) is 0 Å². The number of hydrogen-bond donors (Lipinski definition) is 0. The van der Waals surface area contributed by atoms with E-state index >= 15 is 0 Å². The molecule has 0 atom stereocenters. The summed E-state index contributed by atoms with van der Waals surface area (Å²) in [5, 5.41) is 4.74. The van der Waals surface area contributed by atoms with Crippen LogP contribution in [0.4, 0.5) is 39.8 Å². The molecule has 186 valence electrons. The molecule has 0 radical (unpaired) electrons. The van der Waals surface area contributed by atoms with Crippen LogP contribution in [0.3, 0.4) is 0 Å². The molecular weight excluding hydrogens is 649 g/mol. The molecule has 0 unspecified atom stereocenters. The van der Waals surface area contributed by atoms with E-state index < -0.39 is 0 Å². The summed E-state index contributed by atoms with van der Waals surface area (Å²) in [5.74, 6) is 0. The summed E-state index contributed by atoms with van der Waals surface area (Å²) in [5.41, 5.74) is 7.64. The van der Waals surface area contributed by atoms with Gasteiger partial charge in [0.05, 0.1) is 0 Å². The van der Waals surface area contributed by atoms with E-state index in [4.69, 9.17) is 5.32 Å². The Hall–Kier alpha value is -4.44. The molecule has 0 fully saturated rings. The number of anilines is 3. The van der Waals surface area contributed by atoms with E-state index in [1.54, 1.807) is 0 Å². The first-order chi connectivity index (χ1) is 18.4. The molecule has 0 saturated carbocycles. The van der Waals surface area contributed by atoms with Gasteiger partial charge in [-0.15, -0.1) is 11.4 Å². The summed E-state index contributed by atoms with van der Waals surface area (Å²) < 4.78 is 3.96. The average molecular weight is 675 g/mol. The Kier molecular flexibility index (Phi) is 7.79. The zero-order valence-electron chi connectivity index (χ0n) is 20.5. The number of fused-ring (bicyclic) bond motifs is 2. The molecule has 0 N–H and O–H groups in total. The normalized spacial score (nSPS) is 12.5. The Morgan fingerprint density at radius 2 is 0.868 bits per heavy atom. The predicted molar refractivity (Wildman–Crippen MR) is 151 cm³/mol. The van der Waals surface area contributed by atoms with Crippen LogP contribution >= 0.6 is 0 Å². The second kappa shape index (κ2) is 11.7. The maximum atomic E-state index is 4.74. The van der Waals surface area contributed by atoms with Crippen molar-refractivity contribution in [3.63, 3.8) is 0 Å². The molecule has 0 aromatic heterocycles. The van der Waals surface area contributed by atoms with Gasteiger partial charge in [-0.2, -0.15) is 0 Å². The quantitative estimate of drug-likeness (QED) is 0.136. The number of rotatable bonds is 3. The minimum atomic E-state index is 0. The first-order valence-electron chi connectivity index (χ1n) is 12.2. The van der Waals surface area contributed by atoms with Crippen molar-refractivity contribution in [2.75, 3.05) is 4.90 Å². The molecular formula is C33H25AuN4+2. The maximum absolute atomic E-state index is 4.74. The Labute approximate surface area is 238 Å². The summed E-state index contributed by atoms with van der Waals surface area (Å²) >= 11 is 0. The number of benzene rings is 5. The number of nitrogens with zero attached hydrogens (tertiary/aromatic N) is 4. The van der Waals surface area contributed by atoms with Crippen molar-refractivity contribution in [2.45, 2.75) is 0 Å². The molecule has 2 heterocycles. The van der Waals surface area contributed by atoms with E-state index in [0.717, 1.165) is 39.8 Å². The van der Waals surface area contributed by atoms with Crippen molar-refractivity contribution in [2.24, 2.45) is 0 Å². The Morgan fingerprint density at radius 3 is 1.34 bits per heavy atom. The minimum Gasteiger partial charge on any atom is -0.654 e. The summed E-state index contributed by atoms with van der Waals surface area (Å²) in [7, 11) is 0. The Balaban J connectivity index is 0.000000153. The largest absolute Gasteiger partial charge is 1.00 e.